The van der Waals surface area contributed by atoms with E-state index in [1.165, 1.54) is 11.1 Å². The molecular weight excluding hydrogens is 458 g/mol. The summed E-state index contributed by atoms with van der Waals surface area (Å²) in [6.07, 6.45) is 0.923. The molecule has 0 radical (unpaired) electrons. The van der Waals surface area contributed by atoms with Gasteiger partial charge in [-0.1, -0.05) is 29.8 Å². The van der Waals surface area contributed by atoms with E-state index in [2.05, 4.69) is 43.2 Å². The molecular formula is C24H28ClN5O2S. The Balaban J connectivity index is 1.26. The van der Waals surface area contributed by atoms with Gasteiger partial charge in [-0.05, 0) is 42.2 Å². The van der Waals surface area contributed by atoms with Gasteiger partial charge < -0.3 is 4.90 Å². The predicted octanol–water partition coefficient (Wildman–Crippen LogP) is 2.91. The number of nitrogens with zero attached hydrogens (tertiary/aromatic N) is 4. The monoisotopic (exact) mass is 485 g/mol. The van der Waals surface area contributed by atoms with Crippen LogP contribution in [-0.2, 0) is 22.7 Å². The number of amides is 2. The molecule has 0 aliphatic carbocycles. The van der Waals surface area contributed by atoms with Crippen LogP contribution in [0.2, 0.25) is 5.02 Å². The number of rotatable bonds is 4. The number of hydrogen-bond donors (Lipinski definition) is 2. The molecule has 2 fully saturated rings. The molecule has 3 aliphatic rings. The number of fused-ring (bicyclic) bond motifs is 1. The lowest BCUT2D eigenvalue weighted by Crippen LogP contribution is -2.51. The van der Waals surface area contributed by atoms with Crippen molar-refractivity contribution in [3.05, 3.63) is 57.7 Å². The lowest BCUT2D eigenvalue weighted by atomic mass is 10.0. The summed E-state index contributed by atoms with van der Waals surface area (Å²) in [6, 6.07) is 9.87. The van der Waals surface area contributed by atoms with E-state index in [1.54, 1.807) is 0 Å². The number of aromatic nitrogens is 1. The minimum absolute atomic E-state index is 0.141. The molecule has 4 heterocycles. The molecule has 2 saturated heterocycles. The van der Waals surface area contributed by atoms with Crippen molar-refractivity contribution in [1.29, 1.82) is 0 Å². The standard InChI is InChI=1S/C24H28ClN5O2S/c1-15-11-17(25)12-21(26-15)29-9-7-28(8-10-29)13-16-3-2-4-18-19(16)14-30(24(18)33)20-5-6-22(31)27-23(20)32/h2-4,11-12,20,24,33H,5-10,13-14H2,1H3,(H,27,31,32). The number of carbonyl (C=O) groups excluding carboxylic acids is 2. The highest BCUT2D eigenvalue weighted by molar-refractivity contribution is 7.80. The molecule has 1 N–H and O–H groups in total. The van der Waals surface area contributed by atoms with Crippen LogP contribution in [0.3, 0.4) is 0 Å². The van der Waals surface area contributed by atoms with E-state index in [0.717, 1.165) is 54.8 Å². The van der Waals surface area contributed by atoms with Gasteiger partial charge in [0.25, 0.3) is 0 Å². The second-order valence-electron chi connectivity index (χ2n) is 9.05. The number of anilines is 1. The lowest BCUT2D eigenvalue weighted by Gasteiger charge is -2.36. The van der Waals surface area contributed by atoms with E-state index in [0.29, 0.717) is 19.4 Å². The van der Waals surface area contributed by atoms with Crippen LogP contribution in [-0.4, -0.2) is 58.8 Å². The first-order chi connectivity index (χ1) is 15.9. The maximum absolute atomic E-state index is 12.4. The largest absolute Gasteiger partial charge is 0.354 e. The first-order valence-electron chi connectivity index (χ1n) is 11.4. The first kappa shape index (κ1) is 22.7. The van der Waals surface area contributed by atoms with E-state index in [4.69, 9.17) is 24.2 Å². The zero-order chi connectivity index (χ0) is 23.1. The summed E-state index contributed by atoms with van der Waals surface area (Å²) in [5.74, 6) is 0.547. The van der Waals surface area contributed by atoms with Gasteiger partial charge in [-0.2, -0.15) is 12.6 Å². The van der Waals surface area contributed by atoms with Gasteiger partial charge in [-0.25, -0.2) is 4.98 Å². The highest BCUT2D eigenvalue weighted by atomic mass is 35.5. The Morgan fingerprint density at radius 1 is 1.18 bits per heavy atom. The van der Waals surface area contributed by atoms with Crippen molar-refractivity contribution in [2.45, 2.75) is 44.3 Å². The quantitative estimate of drug-likeness (QED) is 0.512. The van der Waals surface area contributed by atoms with Crippen molar-refractivity contribution < 1.29 is 9.59 Å². The molecule has 3 aliphatic heterocycles. The van der Waals surface area contributed by atoms with Gasteiger partial charge in [-0.3, -0.25) is 24.7 Å². The van der Waals surface area contributed by atoms with Crippen molar-refractivity contribution >= 4 is 41.9 Å². The number of carbonyl (C=O) groups is 2. The molecule has 2 aromatic rings. The highest BCUT2D eigenvalue weighted by Crippen LogP contribution is 2.40. The van der Waals surface area contributed by atoms with Crippen LogP contribution in [0.15, 0.2) is 30.3 Å². The van der Waals surface area contributed by atoms with Crippen molar-refractivity contribution in [3.63, 3.8) is 0 Å². The van der Waals surface area contributed by atoms with E-state index in [-0.39, 0.29) is 23.2 Å². The van der Waals surface area contributed by atoms with E-state index < -0.39 is 0 Å². The number of halogens is 1. The number of piperazine rings is 1. The fourth-order valence-electron chi connectivity index (χ4n) is 5.11. The van der Waals surface area contributed by atoms with Crippen LogP contribution in [0, 0.1) is 6.92 Å². The Hall–Kier alpha value is -2.13. The third-order valence-electron chi connectivity index (χ3n) is 6.85. The average Bonchev–Trinajstić information content (AvgIpc) is 3.11. The number of imide groups is 1. The molecule has 9 heteroatoms. The van der Waals surface area contributed by atoms with Crippen molar-refractivity contribution in [2.24, 2.45) is 0 Å². The number of nitrogens with one attached hydrogen (secondary N) is 1. The minimum Gasteiger partial charge on any atom is -0.354 e. The fourth-order valence-corrected chi connectivity index (χ4v) is 5.85. The van der Waals surface area contributed by atoms with Gasteiger partial charge in [0.1, 0.15) is 5.82 Å². The summed E-state index contributed by atoms with van der Waals surface area (Å²) in [4.78, 5) is 35.5. The van der Waals surface area contributed by atoms with Gasteiger partial charge in [0.05, 0.1) is 11.4 Å². The predicted molar refractivity (Wildman–Crippen MR) is 131 cm³/mol. The van der Waals surface area contributed by atoms with Crippen molar-refractivity contribution in [2.75, 3.05) is 31.1 Å². The summed E-state index contributed by atoms with van der Waals surface area (Å²) in [6.45, 7) is 7.20. The third-order valence-corrected chi connectivity index (χ3v) is 7.64. The van der Waals surface area contributed by atoms with E-state index >= 15 is 0 Å². The van der Waals surface area contributed by atoms with E-state index in [9.17, 15) is 9.59 Å². The Kier molecular flexibility index (Phi) is 6.35. The molecule has 0 bridgehead atoms. The molecule has 174 valence electrons. The number of thiol groups is 1. The SMILES string of the molecule is Cc1cc(Cl)cc(N2CCN(Cc3cccc4c3CN(C3CCC(=O)NC3=O)C4S)CC2)n1. The first-order valence-corrected chi connectivity index (χ1v) is 12.3. The van der Waals surface area contributed by atoms with Gasteiger partial charge in [-0.15, -0.1) is 0 Å². The van der Waals surface area contributed by atoms with Gasteiger partial charge in [0.2, 0.25) is 11.8 Å². The number of piperidine rings is 1. The van der Waals surface area contributed by atoms with Crippen LogP contribution >= 0.6 is 24.2 Å². The van der Waals surface area contributed by atoms with Gasteiger partial charge in [0, 0.05) is 56.4 Å². The Morgan fingerprint density at radius 3 is 2.70 bits per heavy atom. The fraction of sp³-hybridized carbons (Fsp3) is 0.458. The molecule has 2 amide bonds. The summed E-state index contributed by atoms with van der Waals surface area (Å²) in [5, 5.41) is 3.06. The summed E-state index contributed by atoms with van der Waals surface area (Å²) in [7, 11) is 0. The number of aryl methyl sites for hydroxylation is 1. The van der Waals surface area contributed by atoms with Gasteiger partial charge >= 0.3 is 0 Å². The Bertz CT molecular complexity index is 1070. The second kappa shape index (κ2) is 9.25. The molecule has 33 heavy (non-hydrogen) atoms. The average molecular weight is 486 g/mol. The molecule has 7 nitrogen and oxygen atoms in total. The zero-order valence-corrected chi connectivity index (χ0v) is 20.3. The number of hydrogen-bond acceptors (Lipinski definition) is 7. The Morgan fingerprint density at radius 2 is 1.97 bits per heavy atom. The Labute approximate surface area is 204 Å². The maximum atomic E-state index is 12.4. The van der Waals surface area contributed by atoms with Crippen LogP contribution in [0.4, 0.5) is 5.82 Å². The van der Waals surface area contributed by atoms with E-state index in [1.807, 2.05) is 19.1 Å². The van der Waals surface area contributed by atoms with Crippen LogP contribution < -0.4 is 10.2 Å². The number of benzene rings is 1. The smallest absolute Gasteiger partial charge is 0.243 e. The summed E-state index contributed by atoms with van der Waals surface area (Å²) < 4.78 is 0. The molecule has 1 aromatic heterocycles. The van der Waals surface area contributed by atoms with Crippen LogP contribution in [0.5, 0.6) is 0 Å². The lowest BCUT2D eigenvalue weighted by molar-refractivity contribution is -0.137. The topological polar surface area (TPSA) is 68.8 Å². The molecule has 1 aromatic carbocycles. The highest BCUT2D eigenvalue weighted by Gasteiger charge is 2.39. The second-order valence-corrected chi connectivity index (χ2v) is 9.97. The van der Waals surface area contributed by atoms with Crippen LogP contribution in [0.25, 0.3) is 0 Å². The zero-order valence-electron chi connectivity index (χ0n) is 18.6. The molecule has 5 rings (SSSR count). The summed E-state index contributed by atoms with van der Waals surface area (Å²) >= 11 is 11.1. The van der Waals surface area contributed by atoms with Crippen molar-refractivity contribution in [1.82, 2.24) is 20.1 Å². The molecule has 0 spiro atoms. The molecule has 2 unspecified atom stereocenters. The molecule has 0 saturated carbocycles. The maximum Gasteiger partial charge on any atom is 0.243 e. The number of pyridine rings is 1. The van der Waals surface area contributed by atoms with Crippen molar-refractivity contribution in [3.8, 4) is 0 Å². The van der Waals surface area contributed by atoms with Crippen LogP contribution in [0.1, 0.15) is 40.6 Å². The molecule has 2 atom stereocenters. The minimum atomic E-state index is -0.317. The van der Waals surface area contributed by atoms with Gasteiger partial charge in [0.15, 0.2) is 0 Å². The third kappa shape index (κ3) is 4.62. The summed E-state index contributed by atoms with van der Waals surface area (Å²) in [5.41, 5.74) is 4.64. The normalized spacial score (nSPS) is 24.2.